The Bertz CT molecular complexity index is 1280. The number of fused-ring (bicyclic) bond motifs is 1. The summed E-state index contributed by atoms with van der Waals surface area (Å²) in [6, 6.07) is 10.1. The molecule has 0 saturated carbocycles. The summed E-state index contributed by atoms with van der Waals surface area (Å²) < 4.78 is 1.99. The van der Waals surface area contributed by atoms with E-state index in [0.717, 1.165) is 58.4 Å². The number of imidazole rings is 1. The fourth-order valence-electron chi connectivity index (χ4n) is 4.29. The highest BCUT2D eigenvalue weighted by Gasteiger charge is 2.23. The molecule has 8 heteroatoms. The van der Waals surface area contributed by atoms with E-state index in [2.05, 4.69) is 30.9 Å². The average molecular weight is 430 g/mol. The van der Waals surface area contributed by atoms with E-state index < -0.39 is 0 Å². The van der Waals surface area contributed by atoms with Gasteiger partial charge in [0, 0.05) is 55.0 Å². The van der Waals surface area contributed by atoms with Gasteiger partial charge in [-0.15, -0.1) is 0 Å². The van der Waals surface area contributed by atoms with Crippen LogP contribution < -0.4 is 4.90 Å². The molecule has 1 N–H and O–H groups in total. The van der Waals surface area contributed by atoms with Crippen molar-refractivity contribution in [2.45, 2.75) is 27.2 Å². The van der Waals surface area contributed by atoms with Crippen molar-refractivity contribution < 1.29 is 4.79 Å². The predicted molar refractivity (Wildman–Crippen MR) is 124 cm³/mol. The first-order valence-corrected chi connectivity index (χ1v) is 10.9. The molecule has 1 aliphatic rings. The molecule has 0 bridgehead atoms. The van der Waals surface area contributed by atoms with Crippen molar-refractivity contribution in [2.24, 2.45) is 0 Å². The Balaban J connectivity index is 1.27. The molecular formula is C24H27N7O. The van der Waals surface area contributed by atoms with Gasteiger partial charge in [0.1, 0.15) is 23.8 Å². The Morgan fingerprint density at radius 2 is 1.78 bits per heavy atom. The molecule has 32 heavy (non-hydrogen) atoms. The summed E-state index contributed by atoms with van der Waals surface area (Å²) in [5.74, 6) is 2.60. The maximum Gasteiger partial charge on any atom is 0.227 e. The molecule has 4 heterocycles. The normalized spacial score (nSPS) is 14.3. The minimum Gasteiger partial charge on any atom is -0.361 e. The summed E-state index contributed by atoms with van der Waals surface area (Å²) in [6.07, 6.45) is 4.17. The molecule has 1 fully saturated rings. The second kappa shape index (κ2) is 8.11. The number of aromatic amines is 1. The third-order valence-electron chi connectivity index (χ3n) is 6.28. The van der Waals surface area contributed by atoms with E-state index in [9.17, 15) is 4.79 Å². The zero-order valence-electron chi connectivity index (χ0n) is 18.7. The highest BCUT2D eigenvalue weighted by Crippen LogP contribution is 2.21. The van der Waals surface area contributed by atoms with Crippen LogP contribution in [0.3, 0.4) is 0 Å². The number of amides is 1. The zero-order chi connectivity index (χ0) is 22.2. The van der Waals surface area contributed by atoms with E-state index in [1.165, 1.54) is 0 Å². The molecule has 5 rings (SSSR count). The van der Waals surface area contributed by atoms with E-state index in [1.807, 2.05) is 60.7 Å². The number of nitrogens with one attached hydrogen (secondary N) is 1. The summed E-state index contributed by atoms with van der Waals surface area (Å²) in [7, 11) is 0. The number of hydrogen-bond donors (Lipinski definition) is 1. The predicted octanol–water partition coefficient (Wildman–Crippen LogP) is 2.96. The molecule has 0 aliphatic carbocycles. The number of para-hydroxylation sites is 1. The maximum absolute atomic E-state index is 12.9. The van der Waals surface area contributed by atoms with Crippen molar-refractivity contribution in [3.05, 3.63) is 65.6 Å². The zero-order valence-corrected chi connectivity index (χ0v) is 18.7. The molecule has 164 valence electrons. The lowest BCUT2D eigenvalue weighted by molar-refractivity contribution is -0.130. The first kappa shape index (κ1) is 20.2. The number of benzene rings is 1. The number of hydrogen-bond acceptors (Lipinski definition) is 5. The van der Waals surface area contributed by atoms with E-state index in [4.69, 9.17) is 0 Å². The van der Waals surface area contributed by atoms with Gasteiger partial charge in [-0.2, -0.15) is 0 Å². The molecule has 4 aromatic rings. The van der Waals surface area contributed by atoms with Gasteiger partial charge in [-0.3, -0.25) is 9.36 Å². The lowest BCUT2D eigenvalue weighted by Gasteiger charge is -2.35. The van der Waals surface area contributed by atoms with E-state index in [-0.39, 0.29) is 5.91 Å². The van der Waals surface area contributed by atoms with E-state index in [0.29, 0.717) is 19.5 Å². The summed E-state index contributed by atoms with van der Waals surface area (Å²) in [5.41, 5.74) is 4.18. The molecule has 8 nitrogen and oxygen atoms in total. The average Bonchev–Trinajstić information content (AvgIpc) is 3.36. The van der Waals surface area contributed by atoms with Crippen LogP contribution in [0.5, 0.6) is 0 Å². The van der Waals surface area contributed by atoms with Crippen LogP contribution in [-0.4, -0.2) is 61.5 Å². The van der Waals surface area contributed by atoms with Crippen LogP contribution in [0.4, 0.5) is 5.82 Å². The Kier molecular flexibility index (Phi) is 5.13. The van der Waals surface area contributed by atoms with Crippen molar-refractivity contribution in [1.82, 2.24) is 29.4 Å². The lowest BCUT2D eigenvalue weighted by Crippen LogP contribution is -2.49. The standard InChI is InChI=1S/C24H27N7O/c1-16-17(2)31(15-26-16)23-13-22(27-18(3)28-23)29-8-10-30(11-9-29)24(32)12-19-14-25-21-7-5-4-6-20(19)21/h4-7,13-15,25H,8-12H2,1-3H3. The van der Waals surface area contributed by atoms with Gasteiger partial charge in [-0.05, 0) is 32.4 Å². The molecule has 3 aromatic heterocycles. The molecule has 1 amide bonds. The van der Waals surface area contributed by atoms with Crippen molar-refractivity contribution in [2.75, 3.05) is 31.1 Å². The minimum atomic E-state index is 0.165. The topological polar surface area (TPSA) is 82.9 Å². The second-order valence-corrected chi connectivity index (χ2v) is 8.32. The first-order chi connectivity index (χ1) is 15.5. The summed E-state index contributed by atoms with van der Waals surface area (Å²) in [4.78, 5) is 34.0. The molecule has 0 unspecified atom stereocenters. The van der Waals surface area contributed by atoms with Crippen LogP contribution >= 0.6 is 0 Å². The van der Waals surface area contributed by atoms with Gasteiger partial charge in [0.2, 0.25) is 5.91 Å². The van der Waals surface area contributed by atoms with Gasteiger partial charge in [-0.1, -0.05) is 18.2 Å². The number of nitrogens with zero attached hydrogens (tertiary/aromatic N) is 6. The van der Waals surface area contributed by atoms with Crippen LogP contribution in [-0.2, 0) is 11.2 Å². The lowest BCUT2D eigenvalue weighted by atomic mass is 10.1. The molecular weight excluding hydrogens is 402 g/mol. The molecule has 0 radical (unpaired) electrons. The van der Waals surface area contributed by atoms with Crippen molar-refractivity contribution in [1.29, 1.82) is 0 Å². The van der Waals surface area contributed by atoms with Gasteiger partial charge in [-0.25, -0.2) is 15.0 Å². The third kappa shape index (κ3) is 3.72. The van der Waals surface area contributed by atoms with Crippen molar-refractivity contribution in [3.63, 3.8) is 0 Å². The van der Waals surface area contributed by atoms with E-state index >= 15 is 0 Å². The van der Waals surface area contributed by atoms with Crippen molar-refractivity contribution in [3.8, 4) is 5.82 Å². The van der Waals surface area contributed by atoms with Gasteiger partial charge >= 0.3 is 0 Å². The summed E-state index contributed by atoms with van der Waals surface area (Å²) in [6.45, 7) is 8.80. The second-order valence-electron chi connectivity index (χ2n) is 8.32. The van der Waals surface area contributed by atoms with Crippen LogP contribution in [0.15, 0.2) is 42.9 Å². The smallest absolute Gasteiger partial charge is 0.227 e. The number of anilines is 1. The van der Waals surface area contributed by atoms with Crippen LogP contribution in [0.2, 0.25) is 0 Å². The van der Waals surface area contributed by atoms with Gasteiger partial charge < -0.3 is 14.8 Å². The first-order valence-electron chi connectivity index (χ1n) is 10.9. The molecule has 0 spiro atoms. The van der Waals surface area contributed by atoms with Crippen LogP contribution in [0, 0.1) is 20.8 Å². The van der Waals surface area contributed by atoms with Gasteiger partial charge in [0.15, 0.2) is 0 Å². The van der Waals surface area contributed by atoms with Gasteiger partial charge in [0.05, 0.1) is 12.1 Å². The summed E-state index contributed by atoms with van der Waals surface area (Å²) >= 11 is 0. The highest BCUT2D eigenvalue weighted by molar-refractivity contribution is 5.89. The number of aryl methyl sites for hydroxylation is 2. The monoisotopic (exact) mass is 429 g/mol. The van der Waals surface area contributed by atoms with Gasteiger partial charge in [0.25, 0.3) is 0 Å². The molecule has 1 aliphatic heterocycles. The Hall–Kier alpha value is -3.68. The molecule has 1 aromatic carbocycles. The fraction of sp³-hybridized carbons (Fsp3) is 0.333. The number of piperazine rings is 1. The third-order valence-corrected chi connectivity index (χ3v) is 6.28. The number of carbonyl (C=O) groups excluding carboxylic acids is 1. The number of rotatable bonds is 4. The molecule has 1 saturated heterocycles. The van der Waals surface area contributed by atoms with Crippen LogP contribution in [0.1, 0.15) is 22.8 Å². The SMILES string of the molecule is Cc1nc(N2CCN(C(=O)Cc3c[nH]c4ccccc34)CC2)cc(-n2cnc(C)c2C)n1. The number of aromatic nitrogens is 5. The fourth-order valence-corrected chi connectivity index (χ4v) is 4.29. The highest BCUT2D eigenvalue weighted by atomic mass is 16.2. The largest absolute Gasteiger partial charge is 0.361 e. The maximum atomic E-state index is 12.9. The quantitative estimate of drug-likeness (QED) is 0.539. The van der Waals surface area contributed by atoms with E-state index in [1.54, 1.807) is 6.33 Å². The Morgan fingerprint density at radius 3 is 2.53 bits per heavy atom. The minimum absolute atomic E-state index is 0.165. The van der Waals surface area contributed by atoms with Crippen LogP contribution in [0.25, 0.3) is 16.7 Å². The number of H-pyrrole nitrogens is 1. The Labute approximate surface area is 186 Å². The number of carbonyl (C=O) groups is 1. The molecule has 0 atom stereocenters. The van der Waals surface area contributed by atoms with Crippen molar-refractivity contribution >= 4 is 22.6 Å². The Morgan fingerprint density at radius 1 is 1.03 bits per heavy atom. The summed E-state index contributed by atoms with van der Waals surface area (Å²) in [5, 5.41) is 1.12.